The number of imidazole rings is 1. The molecule has 142 valence electrons. The lowest BCUT2D eigenvalue weighted by Crippen LogP contribution is -2.00. The van der Waals surface area contributed by atoms with Crippen LogP contribution in [0, 0.1) is 12.7 Å². The summed E-state index contributed by atoms with van der Waals surface area (Å²) in [5.41, 5.74) is 1.78. The maximum absolute atomic E-state index is 14.3. The van der Waals surface area contributed by atoms with Crippen LogP contribution in [0.1, 0.15) is 17.8 Å². The van der Waals surface area contributed by atoms with E-state index in [1.54, 1.807) is 25.1 Å². The Morgan fingerprint density at radius 3 is 2.33 bits per heavy atom. The second-order valence-corrected chi connectivity index (χ2v) is 8.42. The van der Waals surface area contributed by atoms with Crippen LogP contribution >= 0.6 is 11.6 Å². The van der Waals surface area contributed by atoms with Gasteiger partial charge in [0.2, 0.25) is 0 Å². The van der Waals surface area contributed by atoms with Crippen LogP contribution in [-0.2, 0) is 9.84 Å². The van der Waals surface area contributed by atoms with Gasteiger partial charge in [0.25, 0.3) is 6.43 Å². The van der Waals surface area contributed by atoms with Crippen molar-refractivity contribution < 1.29 is 21.6 Å². The molecule has 0 aliphatic heterocycles. The lowest BCUT2D eigenvalue weighted by atomic mass is 10.0. The summed E-state index contributed by atoms with van der Waals surface area (Å²) in [6.45, 7) is 1.76. The maximum Gasteiger partial charge on any atom is 0.295 e. The summed E-state index contributed by atoms with van der Waals surface area (Å²) in [6.07, 6.45) is -1.97. The maximum atomic E-state index is 14.3. The Morgan fingerprint density at radius 2 is 1.78 bits per heavy atom. The molecule has 0 saturated heterocycles. The van der Waals surface area contributed by atoms with E-state index >= 15 is 0 Å². The van der Waals surface area contributed by atoms with E-state index in [-0.39, 0.29) is 17.0 Å². The van der Waals surface area contributed by atoms with E-state index < -0.39 is 32.8 Å². The Kier molecular flexibility index (Phi) is 5.05. The summed E-state index contributed by atoms with van der Waals surface area (Å²) in [5.74, 6) is -1.54. The first-order chi connectivity index (χ1) is 12.6. The molecule has 3 rings (SSSR count). The normalized spacial score (nSPS) is 12.0. The first kappa shape index (κ1) is 19.4. The Hall–Kier alpha value is -2.32. The van der Waals surface area contributed by atoms with Crippen LogP contribution in [0.2, 0.25) is 5.02 Å². The number of H-pyrrole nitrogens is 1. The van der Waals surface area contributed by atoms with Crippen molar-refractivity contribution >= 4 is 21.4 Å². The third-order valence-corrected chi connectivity index (χ3v) is 5.53. The second kappa shape index (κ2) is 7.01. The fourth-order valence-corrected chi connectivity index (χ4v) is 3.51. The fraction of sp³-hybridized carbons (Fsp3) is 0.167. The Morgan fingerprint density at radius 1 is 1.11 bits per heavy atom. The number of halogens is 4. The lowest BCUT2D eigenvalue weighted by Gasteiger charge is -2.07. The molecule has 2 aromatic carbocycles. The molecule has 0 fully saturated rings. The van der Waals surface area contributed by atoms with Gasteiger partial charge in [-0.3, -0.25) is 0 Å². The zero-order valence-electron chi connectivity index (χ0n) is 14.2. The Labute approximate surface area is 158 Å². The minimum absolute atomic E-state index is 0.158. The molecular weight excluding hydrogens is 401 g/mol. The molecule has 27 heavy (non-hydrogen) atoms. The van der Waals surface area contributed by atoms with Gasteiger partial charge in [-0.15, -0.1) is 0 Å². The van der Waals surface area contributed by atoms with Crippen LogP contribution in [0.15, 0.2) is 41.3 Å². The van der Waals surface area contributed by atoms with Gasteiger partial charge in [-0.05, 0) is 36.8 Å². The molecule has 1 aromatic heterocycles. The smallest absolute Gasteiger partial charge is 0.295 e. The Balaban J connectivity index is 2.20. The van der Waals surface area contributed by atoms with Gasteiger partial charge in [-0.1, -0.05) is 23.7 Å². The molecule has 0 radical (unpaired) electrons. The van der Waals surface area contributed by atoms with Crippen LogP contribution in [0.5, 0.6) is 0 Å². The number of aryl methyl sites for hydroxylation is 1. The summed E-state index contributed by atoms with van der Waals surface area (Å²) in [4.78, 5) is 5.98. The number of rotatable bonds is 4. The van der Waals surface area contributed by atoms with Crippen LogP contribution in [0.4, 0.5) is 13.2 Å². The highest BCUT2D eigenvalue weighted by atomic mass is 35.5. The van der Waals surface area contributed by atoms with Crippen molar-refractivity contribution in [2.75, 3.05) is 6.26 Å². The topological polar surface area (TPSA) is 62.8 Å². The number of nitrogens with one attached hydrogen (secondary N) is 1. The van der Waals surface area contributed by atoms with Crippen LogP contribution in [-0.4, -0.2) is 24.6 Å². The van der Waals surface area contributed by atoms with Gasteiger partial charge in [0.1, 0.15) is 10.7 Å². The molecular formula is C18H14ClF3N2O2S. The minimum Gasteiger partial charge on any atom is -0.337 e. The number of hydrogen-bond donors (Lipinski definition) is 1. The van der Waals surface area contributed by atoms with Crippen molar-refractivity contribution in [3.8, 4) is 22.5 Å². The first-order valence-electron chi connectivity index (χ1n) is 7.72. The van der Waals surface area contributed by atoms with Crippen molar-refractivity contribution in [2.24, 2.45) is 0 Å². The van der Waals surface area contributed by atoms with Crippen molar-refractivity contribution in [3.63, 3.8) is 0 Å². The van der Waals surface area contributed by atoms with Crippen molar-refractivity contribution in [3.05, 3.63) is 58.6 Å². The summed E-state index contributed by atoms with van der Waals surface area (Å²) in [7, 11) is -3.75. The number of alkyl halides is 2. The first-order valence-corrected chi connectivity index (χ1v) is 9.99. The number of nitrogens with zero attached hydrogens (tertiary/aromatic N) is 1. The number of hydrogen-bond acceptors (Lipinski definition) is 3. The van der Waals surface area contributed by atoms with Gasteiger partial charge in [0.05, 0.1) is 11.4 Å². The Bertz CT molecular complexity index is 1130. The van der Waals surface area contributed by atoms with Crippen molar-refractivity contribution in [1.29, 1.82) is 0 Å². The van der Waals surface area contributed by atoms with E-state index in [1.165, 1.54) is 6.07 Å². The average molecular weight is 415 g/mol. The predicted octanol–water partition coefficient (Wildman–Crippen LogP) is 5.19. The third-order valence-electron chi connectivity index (χ3n) is 3.98. The van der Waals surface area contributed by atoms with E-state index in [9.17, 15) is 21.6 Å². The summed E-state index contributed by atoms with van der Waals surface area (Å²) in [5, 5.41) is 0.508. The molecule has 0 bridgehead atoms. The second-order valence-electron chi connectivity index (χ2n) is 6.03. The highest BCUT2D eigenvalue weighted by Crippen LogP contribution is 2.35. The highest BCUT2D eigenvalue weighted by molar-refractivity contribution is 7.90. The van der Waals surface area contributed by atoms with Crippen LogP contribution in [0.3, 0.4) is 0 Å². The number of sulfone groups is 1. The molecule has 0 unspecified atom stereocenters. The molecule has 3 aromatic rings. The number of aromatic amines is 1. The molecule has 1 N–H and O–H groups in total. The fourth-order valence-electron chi connectivity index (χ4n) is 2.66. The van der Waals surface area contributed by atoms with Crippen LogP contribution < -0.4 is 0 Å². The van der Waals surface area contributed by atoms with E-state index in [4.69, 9.17) is 11.6 Å². The summed E-state index contributed by atoms with van der Waals surface area (Å²) in [6, 6.07) is 8.32. The monoisotopic (exact) mass is 414 g/mol. The lowest BCUT2D eigenvalue weighted by molar-refractivity contribution is 0.141. The van der Waals surface area contributed by atoms with Crippen LogP contribution in [0.25, 0.3) is 22.5 Å². The van der Waals surface area contributed by atoms with Gasteiger partial charge in [-0.25, -0.2) is 26.6 Å². The molecule has 0 atom stereocenters. The minimum atomic E-state index is -3.75. The largest absolute Gasteiger partial charge is 0.337 e. The molecule has 0 aliphatic rings. The SMILES string of the molecule is Cc1cc(-c2nc(C(F)F)[nH]c2-c2ccc(S(C)(=O)=O)c(F)c2)ccc1Cl. The van der Waals surface area contributed by atoms with Gasteiger partial charge in [0, 0.05) is 22.4 Å². The molecule has 0 aliphatic carbocycles. The van der Waals surface area contributed by atoms with Crippen molar-refractivity contribution in [1.82, 2.24) is 9.97 Å². The zero-order chi connectivity index (χ0) is 19.9. The van der Waals surface area contributed by atoms with E-state index in [1.807, 2.05) is 0 Å². The van der Waals surface area contributed by atoms with Gasteiger partial charge < -0.3 is 4.98 Å². The third kappa shape index (κ3) is 3.86. The molecule has 9 heteroatoms. The van der Waals surface area contributed by atoms with E-state index in [2.05, 4.69) is 9.97 Å². The van der Waals surface area contributed by atoms with E-state index in [0.29, 0.717) is 10.6 Å². The van der Waals surface area contributed by atoms with Gasteiger partial charge in [0.15, 0.2) is 15.7 Å². The molecule has 0 amide bonds. The predicted molar refractivity (Wildman–Crippen MR) is 97.2 cm³/mol. The van der Waals surface area contributed by atoms with E-state index in [0.717, 1.165) is 24.0 Å². The zero-order valence-corrected chi connectivity index (χ0v) is 15.8. The van der Waals surface area contributed by atoms with Crippen molar-refractivity contribution in [2.45, 2.75) is 18.2 Å². The highest BCUT2D eigenvalue weighted by Gasteiger charge is 2.21. The van der Waals surface area contributed by atoms with Gasteiger partial charge >= 0.3 is 0 Å². The summed E-state index contributed by atoms with van der Waals surface area (Å²) >= 11 is 6.01. The molecule has 0 saturated carbocycles. The molecule has 1 heterocycles. The molecule has 0 spiro atoms. The average Bonchev–Trinajstić information content (AvgIpc) is 3.01. The van der Waals surface area contributed by atoms with Gasteiger partial charge in [-0.2, -0.15) is 0 Å². The number of benzene rings is 2. The molecule has 4 nitrogen and oxygen atoms in total. The summed E-state index contributed by atoms with van der Waals surface area (Å²) < 4.78 is 63.8. The number of aromatic nitrogens is 2. The quantitative estimate of drug-likeness (QED) is 0.639. The standard InChI is InChI=1S/C18H14ClF3N2O2S/c1-9-7-10(3-5-12(9)19)15-16(24-18(23-15)17(21)22)11-4-6-14(13(20)8-11)27(2,25)26/h3-8,17H,1-2H3,(H,23,24).